The molecule has 0 fully saturated rings. The highest BCUT2D eigenvalue weighted by Gasteiger charge is 2.34. The largest absolute Gasteiger partial charge is 0.418 e. The van der Waals surface area contributed by atoms with Crippen molar-refractivity contribution in [1.82, 2.24) is 9.97 Å². The fourth-order valence-corrected chi connectivity index (χ4v) is 2.59. The number of benzene rings is 2. The third-order valence-corrected chi connectivity index (χ3v) is 3.81. The van der Waals surface area contributed by atoms with Crippen molar-refractivity contribution in [2.75, 3.05) is 10.6 Å². The van der Waals surface area contributed by atoms with Crippen LogP contribution in [0.5, 0.6) is 0 Å². The van der Waals surface area contributed by atoms with E-state index in [-0.39, 0.29) is 17.3 Å². The van der Waals surface area contributed by atoms with Gasteiger partial charge in [0.05, 0.1) is 16.2 Å². The van der Waals surface area contributed by atoms with E-state index < -0.39 is 22.4 Å². The van der Waals surface area contributed by atoms with Gasteiger partial charge in [0, 0.05) is 10.7 Å². The lowest BCUT2D eigenvalue weighted by Gasteiger charge is -2.14. The molecule has 0 saturated heterocycles. The van der Waals surface area contributed by atoms with Crippen LogP contribution in [0.1, 0.15) is 5.56 Å². The van der Waals surface area contributed by atoms with E-state index in [1.807, 2.05) is 0 Å². The molecule has 11 heteroatoms. The molecular formula is C17H11ClF3N5O2. The van der Waals surface area contributed by atoms with Gasteiger partial charge in [0.15, 0.2) is 0 Å². The predicted octanol–water partition coefficient (Wildman–Crippen LogP) is 5.54. The van der Waals surface area contributed by atoms with Crippen LogP contribution in [0.3, 0.4) is 0 Å². The lowest BCUT2D eigenvalue weighted by Crippen LogP contribution is -2.10. The quantitative estimate of drug-likeness (QED) is 0.424. The first-order chi connectivity index (χ1) is 13.3. The van der Waals surface area contributed by atoms with E-state index in [1.165, 1.54) is 18.2 Å². The number of anilines is 4. The lowest BCUT2D eigenvalue weighted by atomic mass is 10.1. The van der Waals surface area contributed by atoms with Crippen molar-refractivity contribution in [3.63, 3.8) is 0 Å². The molecule has 0 spiro atoms. The van der Waals surface area contributed by atoms with E-state index in [2.05, 4.69) is 20.6 Å². The second kappa shape index (κ2) is 7.69. The first-order valence-electron chi connectivity index (χ1n) is 7.71. The molecule has 0 bridgehead atoms. The number of alkyl halides is 3. The van der Waals surface area contributed by atoms with Crippen LogP contribution in [-0.4, -0.2) is 14.9 Å². The van der Waals surface area contributed by atoms with Gasteiger partial charge in [-0.1, -0.05) is 29.8 Å². The Morgan fingerprint density at radius 1 is 1.00 bits per heavy atom. The SMILES string of the molecule is O=[N+]([O-])c1c(Nc2cccc(Cl)c2)ncnc1Nc1ccccc1C(F)(F)F. The van der Waals surface area contributed by atoms with E-state index >= 15 is 0 Å². The Labute approximate surface area is 161 Å². The minimum absolute atomic E-state index is 0.200. The maximum Gasteiger partial charge on any atom is 0.418 e. The molecule has 0 aliphatic heterocycles. The fourth-order valence-electron chi connectivity index (χ4n) is 2.40. The van der Waals surface area contributed by atoms with Crippen molar-refractivity contribution in [3.8, 4) is 0 Å². The predicted molar refractivity (Wildman–Crippen MR) is 98.1 cm³/mol. The van der Waals surface area contributed by atoms with Crippen molar-refractivity contribution in [2.24, 2.45) is 0 Å². The summed E-state index contributed by atoms with van der Waals surface area (Å²) in [6.45, 7) is 0. The molecule has 3 aromatic rings. The summed E-state index contributed by atoms with van der Waals surface area (Å²) in [5, 5.41) is 17.1. The van der Waals surface area contributed by atoms with Crippen molar-refractivity contribution < 1.29 is 18.1 Å². The second-order valence-electron chi connectivity index (χ2n) is 5.48. The van der Waals surface area contributed by atoms with Crippen LogP contribution in [-0.2, 0) is 6.18 Å². The molecule has 0 unspecified atom stereocenters. The molecule has 2 aromatic carbocycles. The Balaban J connectivity index is 2.03. The van der Waals surface area contributed by atoms with E-state index in [9.17, 15) is 23.3 Å². The summed E-state index contributed by atoms with van der Waals surface area (Å²) >= 11 is 5.89. The molecule has 0 aliphatic rings. The van der Waals surface area contributed by atoms with Crippen LogP contribution in [0, 0.1) is 10.1 Å². The monoisotopic (exact) mass is 409 g/mol. The molecule has 1 aromatic heterocycles. The zero-order valence-corrected chi connectivity index (χ0v) is 14.6. The normalized spacial score (nSPS) is 11.1. The van der Waals surface area contributed by atoms with E-state index in [0.29, 0.717) is 10.7 Å². The number of para-hydroxylation sites is 1. The summed E-state index contributed by atoms with van der Waals surface area (Å²) in [6, 6.07) is 10.9. The molecular weight excluding hydrogens is 399 g/mol. The van der Waals surface area contributed by atoms with Gasteiger partial charge in [-0.2, -0.15) is 13.2 Å². The maximum absolute atomic E-state index is 13.2. The summed E-state index contributed by atoms with van der Waals surface area (Å²) in [5.74, 6) is -0.588. The first-order valence-corrected chi connectivity index (χ1v) is 8.08. The average Bonchev–Trinajstić information content (AvgIpc) is 2.61. The van der Waals surface area contributed by atoms with Crippen LogP contribution in [0.4, 0.5) is 41.9 Å². The standard InChI is InChI=1S/C17H11ClF3N5O2/c18-10-4-3-5-11(8-10)24-15-14(26(27)28)16(23-9-22-15)25-13-7-2-1-6-12(13)17(19,20)21/h1-9H,(H2,22,23,24,25). The van der Waals surface area contributed by atoms with Gasteiger partial charge in [-0.25, -0.2) is 9.97 Å². The molecule has 2 N–H and O–H groups in total. The lowest BCUT2D eigenvalue weighted by molar-refractivity contribution is -0.383. The Bertz CT molecular complexity index is 1030. The molecule has 0 amide bonds. The van der Waals surface area contributed by atoms with Gasteiger partial charge in [-0.15, -0.1) is 0 Å². The Morgan fingerprint density at radius 3 is 2.32 bits per heavy atom. The van der Waals surface area contributed by atoms with Gasteiger partial charge in [-0.3, -0.25) is 10.1 Å². The minimum Gasteiger partial charge on any atom is -0.334 e. The zero-order chi connectivity index (χ0) is 20.3. The molecule has 1 heterocycles. The average molecular weight is 410 g/mol. The number of rotatable bonds is 5. The molecule has 28 heavy (non-hydrogen) atoms. The first kappa shape index (κ1) is 19.4. The second-order valence-corrected chi connectivity index (χ2v) is 5.92. The zero-order valence-electron chi connectivity index (χ0n) is 13.9. The van der Waals surface area contributed by atoms with Crippen LogP contribution in [0.15, 0.2) is 54.9 Å². The topological polar surface area (TPSA) is 93.0 Å². The highest BCUT2D eigenvalue weighted by atomic mass is 35.5. The summed E-state index contributed by atoms with van der Waals surface area (Å²) in [4.78, 5) is 18.4. The number of nitro groups is 1. The van der Waals surface area contributed by atoms with Crippen LogP contribution in [0.25, 0.3) is 0 Å². The number of nitrogens with one attached hydrogen (secondary N) is 2. The van der Waals surface area contributed by atoms with E-state index in [4.69, 9.17) is 11.6 Å². The van der Waals surface area contributed by atoms with E-state index in [0.717, 1.165) is 18.5 Å². The fraction of sp³-hybridized carbons (Fsp3) is 0.0588. The molecule has 7 nitrogen and oxygen atoms in total. The number of hydrogen-bond acceptors (Lipinski definition) is 6. The Morgan fingerprint density at radius 2 is 1.68 bits per heavy atom. The minimum atomic E-state index is -4.65. The van der Waals surface area contributed by atoms with Gasteiger partial charge in [0.1, 0.15) is 6.33 Å². The van der Waals surface area contributed by atoms with Crippen molar-refractivity contribution in [2.45, 2.75) is 6.18 Å². The van der Waals surface area contributed by atoms with E-state index in [1.54, 1.807) is 18.2 Å². The summed E-state index contributed by atoms with van der Waals surface area (Å²) in [5.41, 5.74) is -1.55. The maximum atomic E-state index is 13.2. The van der Waals surface area contributed by atoms with Crippen LogP contribution in [0.2, 0.25) is 5.02 Å². The van der Waals surface area contributed by atoms with Gasteiger partial charge in [0.25, 0.3) is 0 Å². The van der Waals surface area contributed by atoms with Gasteiger partial charge in [-0.05, 0) is 30.3 Å². The molecule has 144 valence electrons. The smallest absolute Gasteiger partial charge is 0.334 e. The summed E-state index contributed by atoms with van der Waals surface area (Å²) < 4.78 is 39.6. The molecule has 0 radical (unpaired) electrons. The molecule has 3 rings (SSSR count). The van der Waals surface area contributed by atoms with Crippen molar-refractivity contribution in [1.29, 1.82) is 0 Å². The van der Waals surface area contributed by atoms with Gasteiger partial charge in [0.2, 0.25) is 11.6 Å². The third kappa shape index (κ3) is 4.29. The van der Waals surface area contributed by atoms with Crippen LogP contribution >= 0.6 is 11.6 Å². The van der Waals surface area contributed by atoms with Gasteiger partial charge >= 0.3 is 11.9 Å². The number of halogens is 4. The third-order valence-electron chi connectivity index (χ3n) is 3.58. The van der Waals surface area contributed by atoms with Gasteiger partial charge < -0.3 is 10.6 Å². The number of hydrogen-bond donors (Lipinski definition) is 2. The Kier molecular flexibility index (Phi) is 5.32. The number of aromatic nitrogens is 2. The number of nitrogens with zero attached hydrogens (tertiary/aromatic N) is 3. The van der Waals surface area contributed by atoms with Crippen LogP contribution < -0.4 is 10.6 Å². The highest BCUT2D eigenvalue weighted by molar-refractivity contribution is 6.30. The summed E-state index contributed by atoms with van der Waals surface area (Å²) in [6.07, 6.45) is -3.65. The highest BCUT2D eigenvalue weighted by Crippen LogP contribution is 2.38. The molecule has 0 atom stereocenters. The Hall–Kier alpha value is -3.40. The van der Waals surface area contributed by atoms with Crippen molar-refractivity contribution in [3.05, 3.63) is 75.6 Å². The molecule has 0 saturated carbocycles. The van der Waals surface area contributed by atoms with Crippen molar-refractivity contribution >= 4 is 40.3 Å². The summed E-state index contributed by atoms with van der Waals surface area (Å²) in [7, 11) is 0. The molecule has 0 aliphatic carbocycles.